The van der Waals surface area contributed by atoms with Crippen molar-refractivity contribution in [2.75, 3.05) is 0 Å². The summed E-state index contributed by atoms with van der Waals surface area (Å²) in [5.74, 6) is -0.279. The molecule has 5 heteroatoms. The van der Waals surface area contributed by atoms with Crippen molar-refractivity contribution >= 4 is 5.91 Å². The number of hydrogen-bond donors (Lipinski definition) is 1. The molecule has 138 valence electrons. The smallest absolute Gasteiger partial charge is 0.225 e. The van der Waals surface area contributed by atoms with Gasteiger partial charge in [0.2, 0.25) is 5.91 Å². The molecule has 0 saturated carbocycles. The maximum absolute atomic E-state index is 13.2. The summed E-state index contributed by atoms with van der Waals surface area (Å²) < 4.78 is 14.9. The van der Waals surface area contributed by atoms with Crippen LogP contribution in [0.4, 0.5) is 4.39 Å². The van der Waals surface area contributed by atoms with Crippen LogP contribution in [-0.2, 0) is 17.6 Å². The van der Waals surface area contributed by atoms with Gasteiger partial charge in [-0.05, 0) is 62.1 Å². The van der Waals surface area contributed by atoms with E-state index in [-0.39, 0.29) is 24.2 Å². The number of hydrogen-bond acceptors (Lipinski definition) is 2. The van der Waals surface area contributed by atoms with Crippen LogP contribution in [0.1, 0.15) is 40.5 Å². The third-order valence-electron chi connectivity index (χ3n) is 5.32. The number of nitrogens with zero attached hydrogens (tertiary/aromatic N) is 2. The Balaban J connectivity index is 1.51. The first kappa shape index (κ1) is 17.5. The van der Waals surface area contributed by atoms with E-state index in [0.717, 1.165) is 35.5 Å². The van der Waals surface area contributed by atoms with Gasteiger partial charge in [-0.1, -0.05) is 24.3 Å². The van der Waals surface area contributed by atoms with E-state index in [1.807, 2.05) is 26.0 Å². The molecule has 1 N–H and O–H groups in total. The van der Waals surface area contributed by atoms with Gasteiger partial charge in [0.1, 0.15) is 5.82 Å². The van der Waals surface area contributed by atoms with Crippen LogP contribution in [0.25, 0.3) is 5.69 Å². The SMILES string of the molecule is Cc1nn(-c2ccc(F)cc2)c(C)c1CC(=O)NC1CCc2ccccc21. The normalized spacial score (nSPS) is 15.6. The Kier molecular flexibility index (Phi) is 4.52. The van der Waals surface area contributed by atoms with Crippen molar-refractivity contribution in [1.82, 2.24) is 15.1 Å². The minimum atomic E-state index is -0.281. The van der Waals surface area contributed by atoms with Crippen molar-refractivity contribution in [3.63, 3.8) is 0 Å². The summed E-state index contributed by atoms with van der Waals surface area (Å²) >= 11 is 0. The van der Waals surface area contributed by atoms with Crippen molar-refractivity contribution < 1.29 is 9.18 Å². The molecule has 4 rings (SSSR count). The Morgan fingerprint density at radius 2 is 1.93 bits per heavy atom. The monoisotopic (exact) mass is 363 g/mol. The van der Waals surface area contributed by atoms with E-state index in [4.69, 9.17) is 0 Å². The highest BCUT2D eigenvalue weighted by Gasteiger charge is 2.24. The molecule has 1 aromatic heterocycles. The first-order chi connectivity index (χ1) is 13.0. The predicted octanol–water partition coefficient (Wildman–Crippen LogP) is 3.97. The molecular weight excluding hydrogens is 341 g/mol. The Morgan fingerprint density at radius 3 is 2.70 bits per heavy atom. The van der Waals surface area contributed by atoms with Crippen molar-refractivity contribution in [2.45, 2.75) is 39.2 Å². The molecule has 3 aromatic rings. The van der Waals surface area contributed by atoms with Crippen LogP contribution in [0, 0.1) is 19.7 Å². The third-order valence-corrected chi connectivity index (χ3v) is 5.32. The molecule has 4 nitrogen and oxygen atoms in total. The van der Waals surface area contributed by atoms with Gasteiger partial charge < -0.3 is 5.32 Å². The standard InChI is InChI=1S/C22H22FN3O/c1-14-20(15(2)26(25-14)18-10-8-17(23)9-11-18)13-22(27)24-21-12-7-16-5-3-4-6-19(16)21/h3-6,8-11,21H,7,12-13H2,1-2H3,(H,24,27). The highest BCUT2D eigenvalue weighted by atomic mass is 19.1. The van der Waals surface area contributed by atoms with Gasteiger partial charge in [-0.15, -0.1) is 0 Å². The summed E-state index contributed by atoms with van der Waals surface area (Å²) in [6.45, 7) is 3.84. The van der Waals surface area contributed by atoms with Crippen molar-refractivity contribution in [3.8, 4) is 5.69 Å². The molecule has 27 heavy (non-hydrogen) atoms. The van der Waals surface area contributed by atoms with Gasteiger partial charge in [-0.2, -0.15) is 5.10 Å². The number of benzene rings is 2. The largest absolute Gasteiger partial charge is 0.349 e. The maximum Gasteiger partial charge on any atom is 0.225 e. The number of fused-ring (bicyclic) bond motifs is 1. The first-order valence-electron chi connectivity index (χ1n) is 9.21. The van der Waals surface area contributed by atoms with E-state index in [2.05, 4.69) is 22.5 Å². The molecule has 2 aromatic carbocycles. The molecule has 0 aliphatic heterocycles. The third kappa shape index (κ3) is 3.37. The van der Waals surface area contributed by atoms with Gasteiger partial charge in [-0.3, -0.25) is 4.79 Å². The van der Waals surface area contributed by atoms with Gasteiger partial charge in [-0.25, -0.2) is 9.07 Å². The van der Waals surface area contributed by atoms with Gasteiger partial charge in [0, 0.05) is 11.3 Å². The lowest BCUT2D eigenvalue weighted by molar-refractivity contribution is -0.121. The lowest BCUT2D eigenvalue weighted by atomic mass is 10.1. The lowest BCUT2D eigenvalue weighted by Gasteiger charge is -2.14. The molecule has 1 atom stereocenters. The Morgan fingerprint density at radius 1 is 1.19 bits per heavy atom. The number of rotatable bonds is 4. The Labute approximate surface area is 158 Å². The number of aromatic nitrogens is 2. The average molecular weight is 363 g/mol. The molecule has 0 bridgehead atoms. The number of aryl methyl sites for hydroxylation is 2. The number of amides is 1. The zero-order valence-electron chi connectivity index (χ0n) is 15.5. The summed E-state index contributed by atoms with van der Waals surface area (Å²) in [4.78, 5) is 12.7. The Bertz CT molecular complexity index is 991. The molecule has 0 spiro atoms. The first-order valence-corrected chi connectivity index (χ1v) is 9.21. The predicted molar refractivity (Wildman–Crippen MR) is 102 cm³/mol. The molecule has 0 saturated heterocycles. The van der Waals surface area contributed by atoms with Crippen LogP contribution in [-0.4, -0.2) is 15.7 Å². The van der Waals surface area contributed by atoms with E-state index in [1.165, 1.54) is 23.3 Å². The van der Waals surface area contributed by atoms with E-state index < -0.39 is 0 Å². The van der Waals surface area contributed by atoms with Crippen LogP contribution in [0.3, 0.4) is 0 Å². The topological polar surface area (TPSA) is 46.9 Å². The highest BCUT2D eigenvalue weighted by molar-refractivity contribution is 5.79. The lowest BCUT2D eigenvalue weighted by Crippen LogP contribution is -2.28. The molecule has 0 radical (unpaired) electrons. The summed E-state index contributed by atoms with van der Waals surface area (Å²) in [6.07, 6.45) is 2.23. The Hall–Kier alpha value is -2.95. The summed E-state index contributed by atoms with van der Waals surface area (Å²) in [5.41, 5.74) is 5.97. The summed E-state index contributed by atoms with van der Waals surface area (Å²) in [6, 6.07) is 14.6. The van der Waals surface area contributed by atoms with Crippen LogP contribution in [0.5, 0.6) is 0 Å². The molecule has 1 unspecified atom stereocenters. The molecule has 1 amide bonds. The van der Waals surface area contributed by atoms with Gasteiger partial charge in [0.05, 0.1) is 23.8 Å². The number of halogens is 1. The minimum Gasteiger partial charge on any atom is -0.349 e. The van der Waals surface area contributed by atoms with Crippen molar-refractivity contribution in [2.24, 2.45) is 0 Å². The fourth-order valence-electron chi connectivity index (χ4n) is 3.88. The number of nitrogens with one attached hydrogen (secondary N) is 1. The van der Waals surface area contributed by atoms with Crippen LogP contribution in [0.2, 0.25) is 0 Å². The summed E-state index contributed by atoms with van der Waals surface area (Å²) in [7, 11) is 0. The van der Waals surface area contributed by atoms with Gasteiger partial charge >= 0.3 is 0 Å². The molecule has 0 fully saturated rings. The van der Waals surface area contributed by atoms with E-state index in [9.17, 15) is 9.18 Å². The second-order valence-corrected chi connectivity index (χ2v) is 7.07. The second kappa shape index (κ2) is 6.99. The van der Waals surface area contributed by atoms with E-state index in [0.29, 0.717) is 0 Å². The molecule has 1 heterocycles. The number of carbonyl (C=O) groups is 1. The molecule has 1 aliphatic rings. The zero-order valence-corrected chi connectivity index (χ0v) is 15.5. The average Bonchev–Trinajstić information content (AvgIpc) is 3.19. The minimum absolute atomic E-state index is 0.00144. The second-order valence-electron chi connectivity index (χ2n) is 7.07. The van der Waals surface area contributed by atoms with E-state index >= 15 is 0 Å². The van der Waals surface area contributed by atoms with E-state index in [1.54, 1.807) is 16.8 Å². The summed E-state index contributed by atoms with van der Waals surface area (Å²) in [5, 5.41) is 7.71. The fraction of sp³-hybridized carbons (Fsp3) is 0.273. The van der Waals surface area contributed by atoms with Crippen LogP contribution in [0.15, 0.2) is 48.5 Å². The molecular formula is C22H22FN3O. The van der Waals surface area contributed by atoms with Crippen molar-refractivity contribution in [1.29, 1.82) is 0 Å². The van der Waals surface area contributed by atoms with Gasteiger partial charge in [0.25, 0.3) is 0 Å². The van der Waals surface area contributed by atoms with Gasteiger partial charge in [0.15, 0.2) is 0 Å². The van der Waals surface area contributed by atoms with Crippen LogP contribution >= 0.6 is 0 Å². The zero-order chi connectivity index (χ0) is 19.0. The van der Waals surface area contributed by atoms with Crippen LogP contribution < -0.4 is 5.32 Å². The maximum atomic E-state index is 13.2. The number of carbonyl (C=O) groups excluding carboxylic acids is 1. The molecule has 1 aliphatic carbocycles. The highest BCUT2D eigenvalue weighted by Crippen LogP contribution is 2.30. The van der Waals surface area contributed by atoms with Crippen molar-refractivity contribution in [3.05, 3.63) is 82.4 Å². The quantitative estimate of drug-likeness (QED) is 0.762. The fourth-order valence-corrected chi connectivity index (χ4v) is 3.88.